The van der Waals surface area contributed by atoms with Gasteiger partial charge in [-0.1, -0.05) is 98.4 Å². The summed E-state index contributed by atoms with van der Waals surface area (Å²) in [6, 6.07) is 25.7. The van der Waals surface area contributed by atoms with Gasteiger partial charge in [0.15, 0.2) is 0 Å². The third-order valence-corrected chi connectivity index (χ3v) is 7.44. The first kappa shape index (κ1) is 24.0. The minimum atomic E-state index is 0.687. The van der Waals surface area contributed by atoms with Crippen LogP contribution in [0.25, 0.3) is 44.2 Å². The number of benzene rings is 4. The Morgan fingerprint density at radius 2 is 0.971 bits per heavy atom. The molecule has 0 aliphatic carbocycles. The molecule has 5 aromatic rings. The molecule has 1 heterocycles. The predicted molar refractivity (Wildman–Crippen MR) is 152 cm³/mol. The maximum Gasteiger partial charge on any atom is 0.136 e. The number of aryl methyl sites for hydroxylation is 2. The zero-order chi connectivity index (χ0) is 24.4. The van der Waals surface area contributed by atoms with E-state index in [1.165, 1.54) is 36.8 Å². The number of unbranched alkanes of at least 4 members (excludes halogenated alkanes) is 2. The standard InChI is InChI=1S/C32H30Cl2O/c1-3-5-7-21-9-13-23(14-10-21)25-17-27-28-18-26(24-15-11-22(12-16-24)8-6-4-2)30(34)20-32(28)35-31(27)19-29(25)33/h9-20H,3-8H2,1-2H3. The Balaban J connectivity index is 1.56. The Morgan fingerprint density at radius 1 is 0.571 bits per heavy atom. The summed E-state index contributed by atoms with van der Waals surface area (Å²) >= 11 is 13.4. The monoisotopic (exact) mass is 500 g/mol. The fraction of sp³-hybridized carbons (Fsp3) is 0.250. The maximum absolute atomic E-state index is 6.71. The highest BCUT2D eigenvalue weighted by Crippen LogP contribution is 2.40. The van der Waals surface area contributed by atoms with Gasteiger partial charge in [-0.15, -0.1) is 0 Å². The van der Waals surface area contributed by atoms with E-state index in [4.69, 9.17) is 27.6 Å². The van der Waals surface area contributed by atoms with Crippen molar-refractivity contribution in [1.82, 2.24) is 0 Å². The number of hydrogen-bond donors (Lipinski definition) is 0. The van der Waals surface area contributed by atoms with Crippen molar-refractivity contribution in [3.63, 3.8) is 0 Å². The highest BCUT2D eigenvalue weighted by molar-refractivity contribution is 6.35. The van der Waals surface area contributed by atoms with Crippen LogP contribution in [0.15, 0.2) is 77.2 Å². The van der Waals surface area contributed by atoms with Crippen LogP contribution in [0.1, 0.15) is 50.7 Å². The van der Waals surface area contributed by atoms with E-state index >= 15 is 0 Å². The smallest absolute Gasteiger partial charge is 0.136 e. The summed E-state index contributed by atoms with van der Waals surface area (Å²) in [7, 11) is 0. The first-order valence-electron chi connectivity index (χ1n) is 12.6. The summed E-state index contributed by atoms with van der Waals surface area (Å²) in [6.07, 6.45) is 7.04. The molecular weight excluding hydrogens is 471 g/mol. The lowest BCUT2D eigenvalue weighted by molar-refractivity contribution is 0.669. The first-order chi connectivity index (χ1) is 17.1. The van der Waals surface area contributed by atoms with Crippen molar-refractivity contribution in [1.29, 1.82) is 0 Å². The quantitative estimate of drug-likeness (QED) is 0.206. The van der Waals surface area contributed by atoms with Crippen LogP contribution in [0, 0.1) is 0 Å². The van der Waals surface area contributed by atoms with E-state index in [1.54, 1.807) is 0 Å². The summed E-state index contributed by atoms with van der Waals surface area (Å²) in [4.78, 5) is 0. The number of furan rings is 1. The Labute approximate surface area is 217 Å². The van der Waals surface area contributed by atoms with Crippen molar-refractivity contribution >= 4 is 45.1 Å². The van der Waals surface area contributed by atoms with E-state index in [0.29, 0.717) is 10.0 Å². The van der Waals surface area contributed by atoms with Gasteiger partial charge in [0.1, 0.15) is 11.2 Å². The third-order valence-electron chi connectivity index (χ3n) is 6.82. The van der Waals surface area contributed by atoms with E-state index < -0.39 is 0 Å². The van der Waals surface area contributed by atoms with Gasteiger partial charge in [0.25, 0.3) is 0 Å². The van der Waals surface area contributed by atoms with Gasteiger partial charge >= 0.3 is 0 Å². The van der Waals surface area contributed by atoms with Crippen LogP contribution in [0.3, 0.4) is 0 Å². The van der Waals surface area contributed by atoms with Gasteiger partial charge in [0, 0.05) is 34.0 Å². The van der Waals surface area contributed by atoms with E-state index in [-0.39, 0.29) is 0 Å². The van der Waals surface area contributed by atoms with Crippen molar-refractivity contribution in [3.05, 3.63) is 94.0 Å². The minimum Gasteiger partial charge on any atom is -0.456 e. The third kappa shape index (κ3) is 4.99. The second-order valence-electron chi connectivity index (χ2n) is 9.36. The number of rotatable bonds is 8. The van der Waals surface area contributed by atoms with Crippen LogP contribution in [-0.2, 0) is 12.8 Å². The Bertz CT molecular complexity index is 1350. The Hall–Kier alpha value is -2.74. The van der Waals surface area contributed by atoms with E-state index in [9.17, 15) is 0 Å². The van der Waals surface area contributed by atoms with Crippen LogP contribution >= 0.6 is 23.2 Å². The zero-order valence-corrected chi connectivity index (χ0v) is 21.8. The number of hydrogen-bond acceptors (Lipinski definition) is 1. The molecule has 0 N–H and O–H groups in total. The minimum absolute atomic E-state index is 0.687. The van der Waals surface area contributed by atoms with Crippen LogP contribution in [0.5, 0.6) is 0 Å². The van der Waals surface area contributed by atoms with Gasteiger partial charge in [0.05, 0.1) is 10.0 Å². The molecule has 0 spiro atoms. The molecule has 0 amide bonds. The van der Waals surface area contributed by atoms with Gasteiger partial charge < -0.3 is 4.42 Å². The molecule has 0 fully saturated rings. The second kappa shape index (κ2) is 10.5. The molecule has 0 radical (unpaired) electrons. The molecule has 1 nitrogen and oxygen atoms in total. The Kier molecular flexibility index (Phi) is 7.18. The lowest BCUT2D eigenvalue weighted by Gasteiger charge is -2.08. The molecule has 35 heavy (non-hydrogen) atoms. The lowest BCUT2D eigenvalue weighted by Crippen LogP contribution is -1.86. The topological polar surface area (TPSA) is 13.1 Å². The van der Waals surface area contributed by atoms with Crippen LogP contribution in [0.2, 0.25) is 10.0 Å². The first-order valence-corrected chi connectivity index (χ1v) is 13.4. The van der Waals surface area contributed by atoms with Crippen molar-refractivity contribution in [2.75, 3.05) is 0 Å². The largest absolute Gasteiger partial charge is 0.456 e. The van der Waals surface area contributed by atoms with Crippen LogP contribution in [-0.4, -0.2) is 0 Å². The molecule has 4 aromatic carbocycles. The molecule has 178 valence electrons. The molecule has 5 rings (SSSR count). The molecule has 3 heteroatoms. The molecular formula is C32H30Cl2O. The summed E-state index contributed by atoms with van der Waals surface area (Å²) < 4.78 is 6.15. The second-order valence-corrected chi connectivity index (χ2v) is 10.2. The average Bonchev–Trinajstić information content (AvgIpc) is 3.21. The van der Waals surface area contributed by atoms with Crippen molar-refractivity contribution in [3.8, 4) is 22.3 Å². The Morgan fingerprint density at radius 3 is 1.34 bits per heavy atom. The van der Waals surface area contributed by atoms with Gasteiger partial charge in [-0.2, -0.15) is 0 Å². The highest BCUT2D eigenvalue weighted by atomic mass is 35.5. The van der Waals surface area contributed by atoms with Gasteiger partial charge in [-0.3, -0.25) is 0 Å². The summed E-state index contributed by atoms with van der Waals surface area (Å²) in [5.41, 5.74) is 8.53. The van der Waals surface area contributed by atoms with Crippen LogP contribution in [0.4, 0.5) is 0 Å². The average molecular weight is 501 g/mol. The van der Waals surface area contributed by atoms with E-state index in [1.807, 2.05) is 12.1 Å². The SMILES string of the molecule is CCCCc1ccc(-c2cc3c(cc2Cl)oc2cc(Cl)c(-c4ccc(CCCC)cc4)cc23)cc1. The molecule has 0 aliphatic rings. The fourth-order valence-electron chi connectivity index (χ4n) is 4.72. The van der Waals surface area contributed by atoms with Crippen molar-refractivity contribution < 1.29 is 4.42 Å². The summed E-state index contributed by atoms with van der Waals surface area (Å²) in [5.74, 6) is 0. The summed E-state index contributed by atoms with van der Waals surface area (Å²) in [6.45, 7) is 4.44. The molecule has 0 saturated heterocycles. The lowest BCUT2D eigenvalue weighted by atomic mass is 9.98. The van der Waals surface area contributed by atoms with E-state index in [2.05, 4.69) is 74.5 Å². The highest BCUT2D eigenvalue weighted by Gasteiger charge is 2.15. The number of fused-ring (bicyclic) bond motifs is 3. The van der Waals surface area contributed by atoms with Crippen molar-refractivity contribution in [2.24, 2.45) is 0 Å². The van der Waals surface area contributed by atoms with Crippen LogP contribution < -0.4 is 0 Å². The normalized spacial score (nSPS) is 11.5. The summed E-state index contributed by atoms with van der Waals surface area (Å²) in [5, 5.41) is 3.47. The molecule has 0 aliphatic heterocycles. The van der Waals surface area contributed by atoms with Gasteiger partial charge in [-0.05, 0) is 60.1 Å². The van der Waals surface area contributed by atoms with Crippen molar-refractivity contribution in [2.45, 2.75) is 52.4 Å². The molecule has 0 saturated carbocycles. The van der Waals surface area contributed by atoms with Gasteiger partial charge in [-0.25, -0.2) is 0 Å². The number of halogens is 2. The van der Waals surface area contributed by atoms with E-state index in [0.717, 1.165) is 57.0 Å². The molecule has 1 aromatic heterocycles. The molecule has 0 unspecified atom stereocenters. The molecule has 0 atom stereocenters. The zero-order valence-electron chi connectivity index (χ0n) is 20.3. The molecule has 0 bridgehead atoms. The fourth-order valence-corrected chi connectivity index (χ4v) is 5.25. The van der Waals surface area contributed by atoms with Gasteiger partial charge in [0.2, 0.25) is 0 Å². The maximum atomic E-state index is 6.71. The predicted octanol–water partition coefficient (Wildman–Crippen LogP) is 10.9.